The second kappa shape index (κ2) is 7.84. The van der Waals surface area contributed by atoms with Crippen LogP contribution in [0.4, 0.5) is 0 Å². The quantitative estimate of drug-likeness (QED) is 0.0943. The molecule has 0 bridgehead atoms. The van der Waals surface area contributed by atoms with Crippen molar-refractivity contribution in [1.29, 1.82) is 10.8 Å². The fourth-order valence-corrected chi connectivity index (χ4v) is 0.901. The lowest BCUT2D eigenvalue weighted by Gasteiger charge is -2.06. The number of carbonyl (C=O) groups is 1. The Bertz CT molecular complexity index is 315. The number of carboxylic acid groups (broad SMARTS) is 1. The molecule has 0 heterocycles. The highest BCUT2D eigenvalue weighted by Gasteiger charge is 2.15. The van der Waals surface area contributed by atoms with Crippen LogP contribution >= 0.6 is 0 Å². The van der Waals surface area contributed by atoms with E-state index in [-0.39, 0.29) is 12.4 Å². The fraction of sp³-hybridized carbons (Fsp3) is 0.571. The minimum atomic E-state index is -1.12. The van der Waals surface area contributed by atoms with Crippen LogP contribution in [0, 0.1) is 10.8 Å². The third-order valence-corrected chi connectivity index (χ3v) is 1.62. The Kier molecular flexibility index (Phi) is 6.74. The lowest BCUT2D eigenvalue weighted by atomic mass is 10.2. The van der Waals surface area contributed by atoms with E-state index in [0.29, 0.717) is 13.0 Å². The number of aliphatic carboxylic acids is 1. The van der Waals surface area contributed by atoms with Crippen LogP contribution in [0.1, 0.15) is 12.8 Å². The van der Waals surface area contributed by atoms with E-state index in [0.717, 1.165) is 0 Å². The van der Waals surface area contributed by atoms with Gasteiger partial charge in [-0.2, -0.15) is 5.11 Å². The summed E-state index contributed by atoms with van der Waals surface area (Å²) in [6.45, 7) is 0.384. The van der Waals surface area contributed by atoms with Crippen LogP contribution < -0.4 is 22.2 Å². The zero-order valence-corrected chi connectivity index (χ0v) is 9.10. The maximum atomic E-state index is 10.7. The molecule has 96 valence electrons. The Labute approximate surface area is 97.5 Å². The molecule has 0 aromatic rings. The maximum absolute atomic E-state index is 10.7. The summed E-state index contributed by atoms with van der Waals surface area (Å²) < 4.78 is 0. The van der Waals surface area contributed by atoms with Crippen LogP contribution in [0.2, 0.25) is 0 Å². The van der Waals surface area contributed by atoms with E-state index in [2.05, 4.69) is 15.7 Å². The van der Waals surface area contributed by atoms with Crippen LogP contribution in [0.5, 0.6) is 0 Å². The highest BCUT2D eigenvalue weighted by molar-refractivity contribution is 5.75. The minimum absolute atomic E-state index is 0.170. The first kappa shape index (κ1) is 14.6. The molecular weight excluding hydrogens is 228 g/mol. The third kappa shape index (κ3) is 8.59. The predicted octanol–water partition coefficient (Wildman–Crippen LogP) is -1.45. The summed E-state index contributed by atoms with van der Waals surface area (Å²) in [7, 11) is 0. The Balaban J connectivity index is 3.99. The van der Waals surface area contributed by atoms with E-state index < -0.39 is 18.0 Å². The van der Waals surface area contributed by atoms with Gasteiger partial charge in [0.2, 0.25) is 5.96 Å². The summed E-state index contributed by atoms with van der Waals surface area (Å²) in [5.41, 5.74) is 12.0. The Morgan fingerprint density at radius 2 is 2.00 bits per heavy atom. The van der Waals surface area contributed by atoms with Crippen molar-refractivity contribution in [1.82, 2.24) is 10.7 Å². The SMILES string of the molecule is N=C(N)NCCC[C@H](N=NNC(=N)N)C(=O)O. The normalized spacial score (nSPS) is 12.0. The van der Waals surface area contributed by atoms with Gasteiger partial charge in [0.25, 0.3) is 0 Å². The molecule has 0 saturated heterocycles. The largest absolute Gasteiger partial charge is 0.480 e. The summed E-state index contributed by atoms with van der Waals surface area (Å²) in [6.07, 6.45) is 0.703. The van der Waals surface area contributed by atoms with E-state index in [9.17, 15) is 4.79 Å². The topological polar surface area (TPSA) is 186 Å². The number of nitrogens with zero attached hydrogens (tertiary/aromatic N) is 2. The third-order valence-electron chi connectivity index (χ3n) is 1.62. The van der Waals surface area contributed by atoms with E-state index in [1.54, 1.807) is 0 Å². The highest BCUT2D eigenvalue weighted by Crippen LogP contribution is 2.02. The predicted molar refractivity (Wildman–Crippen MR) is 60.5 cm³/mol. The number of carboxylic acids is 1. The number of nitrogens with one attached hydrogen (secondary N) is 4. The molecule has 0 rings (SSSR count). The van der Waals surface area contributed by atoms with Gasteiger partial charge in [-0.15, -0.1) is 0 Å². The van der Waals surface area contributed by atoms with Gasteiger partial charge in [0, 0.05) is 6.54 Å². The fourth-order valence-electron chi connectivity index (χ4n) is 0.901. The van der Waals surface area contributed by atoms with Crippen molar-refractivity contribution < 1.29 is 9.90 Å². The Morgan fingerprint density at radius 1 is 1.35 bits per heavy atom. The molecule has 0 aromatic heterocycles. The molecule has 0 aromatic carbocycles. The van der Waals surface area contributed by atoms with Gasteiger partial charge in [0.1, 0.15) is 0 Å². The van der Waals surface area contributed by atoms with Gasteiger partial charge in [0.15, 0.2) is 12.0 Å². The highest BCUT2D eigenvalue weighted by atomic mass is 16.4. The summed E-state index contributed by atoms with van der Waals surface area (Å²) in [6, 6.07) is -1.02. The molecule has 0 amide bonds. The molecule has 9 N–H and O–H groups in total. The van der Waals surface area contributed by atoms with E-state index in [4.69, 9.17) is 27.4 Å². The average molecular weight is 244 g/mol. The standard InChI is InChI=1S/C7H16N8O2/c8-6(9)12-3-1-2-4(5(16)17)13-15-14-7(10)11/h4H,1-3H2,(H,16,17)(H4,8,9,12)(H4,10,11,13,14)/t4-/m0/s1. The van der Waals surface area contributed by atoms with Crippen molar-refractivity contribution in [2.45, 2.75) is 18.9 Å². The number of hydrogen-bond acceptors (Lipinski definition) is 5. The molecule has 0 unspecified atom stereocenters. The van der Waals surface area contributed by atoms with Gasteiger partial charge >= 0.3 is 5.97 Å². The Hall–Kier alpha value is -2.39. The molecule has 0 aliphatic heterocycles. The van der Waals surface area contributed by atoms with Crippen molar-refractivity contribution in [3.63, 3.8) is 0 Å². The van der Waals surface area contributed by atoms with Gasteiger partial charge < -0.3 is 21.9 Å². The number of nitrogens with two attached hydrogens (primary N) is 2. The second-order valence-corrected chi connectivity index (χ2v) is 3.08. The summed E-state index contributed by atoms with van der Waals surface area (Å²) in [5, 5.41) is 31.7. The summed E-state index contributed by atoms with van der Waals surface area (Å²) >= 11 is 0. The Morgan fingerprint density at radius 3 is 2.47 bits per heavy atom. The first-order valence-electron chi connectivity index (χ1n) is 4.74. The zero-order chi connectivity index (χ0) is 13.3. The molecule has 0 spiro atoms. The smallest absolute Gasteiger partial charge is 0.330 e. The van der Waals surface area contributed by atoms with E-state index in [1.807, 2.05) is 5.43 Å². The van der Waals surface area contributed by atoms with Crippen LogP contribution in [-0.4, -0.2) is 35.6 Å². The molecule has 10 nitrogen and oxygen atoms in total. The molecular formula is C7H16N8O2. The molecule has 0 aliphatic rings. The molecule has 10 heteroatoms. The first-order chi connectivity index (χ1) is 7.93. The van der Waals surface area contributed by atoms with Crippen LogP contribution in [0.3, 0.4) is 0 Å². The minimum Gasteiger partial charge on any atom is -0.480 e. The molecule has 17 heavy (non-hydrogen) atoms. The van der Waals surface area contributed by atoms with Gasteiger partial charge in [-0.05, 0) is 12.8 Å². The number of rotatable bonds is 7. The van der Waals surface area contributed by atoms with Gasteiger partial charge in [-0.25, -0.2) is 10.2 Å². The first-order valence-corrected chi connectivity index (χ1v) is 4.74. The van der Waals surface area contributed by atoms with Crippen molar-refractivity contribution in [2.75, 3.05) is 6.54 Å². The maximum Gasteiger partial charge on any atom is 0.330 e. The lowest BCUT2D eigenvalue weighted by Crippen LogP contribution is -2.31. The molecule has 0 saturated carbocycles. The van der Waals surface area contributed by atoms with Crippen LogP contribution in [0.25, 0.3) is 0 Å². The van der Waals surface area contributed by atoms with Crippen LogP contribution in [0.15, 0.2) is 10.3 Å². The lowest BCUT2D eigenvalue weighted by molar-refractivity contribution is -0.138. The van der Waals surface area contributed by atoms with Crippen LogP contribution in [-0.2, 0) is 4.79 Å². The summed E-state index contributed by atoms with van der Waals surface area (Å²) in [5.74, 6) is -1.71. The number of hydrogen-bond donors (Lipinski definition) is 7. The zero-order valence-electron chi connectivity index (χ0n) is 9.10. The average Bonchev–Trinajstić information content (AvgIpc) is 2.20. The second-order valence-electron chi connectivity index (χ2n) is 3.08. The number of guanidine groups is 2. The van der Waals surface area contributed by atoms with Gasteiger partial charge in [-0.3, -0.25) is 10.8 Å². The van der Waals surface area contributed by atoms with Crippen molar-refractivity contribution >= 4 is 17.9 Å². The van der Waals surface area contributed by atoms with E-state index >= 15 is 0 Å². The summed E-state index contributed by atoms with van der Waals surface area (Å²) in [4.78, 5) is 10.7. The van der Waals surface area contributed by atoms with Crippen molar-refractivity contribution in [3.8, 4) is 0 Å². The molecule has 0 aliphatic carbocycles. The van der Waals surface area contributed by atoms with Gasteiger partial charge in [-0.1, -0.05) is 5.22 Å². The monoisotopic (exact) mass is 244 g/mol. The van der Waals surface area contributed by atoms with Gasteiger partial charge in [0.05, 0.1) is 0 Å². The molecule has 0 radical (unpaired) electrons. The van der Waals surface area contributed by atoms with Crippen molar-refractivity contribution in [3.05, 3.63) is 0 Å². The molecule has 0 fully saturated rings. The van der Waals surface area contributed by atoms with E-state index in [1.165, 1.54) is 0 Å². The van der Waals surface area contributed by atoms with Crippen molar-refractivity contribution in [2.24, 2.45) is 21.8 Å². The molecule has 1 atom stereocenters.